The molecule has 1 saturated heterocycles. The van der Waals surface area contributed by atoms with Crippen molar-refractivity contribution in [1.29, 1.82) is 0 Å². The molecule has 0 aromatic carbocycles. The lowest BCUT2D eigenvalue weighted by Crippen LogP contribution is -2.33. The maximum atomic E-state index is 11.5. The maximum absolute atomic E-state index is 11.5. The van der Waals surface area contributed by atoms with E-state index in [1.165, 1.54) is 4.88 Å². The van der Waals surface area contributed by atoms with Crippen molar-refractivity contribution in [1.82, 2.24) is 4.90 Å². The van der Waals surface area contributed by atoms with Crippen LogP contribution in [0.4, 0.5) is 0 Å². The number of halogens is 1. The molecule has 2 atom stereocenters. The molecule has 2 rings (SSSR count). The van der Waals surface area contributed by atoms with Crippen molar-refractivity contribution >= 4 is 33.7 Å². The van der Waals surface area contributed by atoms with Crippen molar-refractivity contribution in [2.45, 2.75) is 25.9 Å². The third-order valence-corrected chi connectivity index (χ3v) is 5.73. The molecule has 90 valence electrons. The van der Waals surface area contributed by atoms with Crippen molar-refractivity contribution in [3.63, 3.8) is 0 Å². The lowest BCUT2D eigenvalue weighted by atomic mass is 10.2. The Kier molecular flexibility index (Phi) is 4.41. The Morgan fingerprint density at radius 2 is 2.44 bits per heavy atom. The van der Waals surface area contributed by atoms with E-state index in [0.717, 1.165) is 36.0 Å². The van der Waals surface area contributed by atoms with Crippen LogP contribution in [0.5, 0.6) is 0 Å². The molecule has 0 spiro atoms. The summed E-state index contributed by atoms with van der Waals surface area (Å²) in [4.78, 5) is 3.61. The predicted molar refractivity (Wildman–Crippen MR) is 71.7 cm³/mol. The Morgan fingerprint density at radius 1 is 1.62 bits per heavy atom. The predicted octanol–water partition coefficient (Wildman–Crippen LogP) is 2.74. The van der Waals surface area contributed by atoms with Gasteiger partial charge in [-0.25, -0.2) is 0 Å². The average molecular weight is 278 g/mol. The molecule has 0 saturated carbocycles. The first kappa shape index (κ1) is 12.6. The number of hydrogen-bond donors (Lipinski definition) is 0. The lowest BCUT2D eigenvalue weighted by molar-refractivity contribution is 0.214. The van der Waals surface area contributed by atoms with E-state index in [1.54, 1.807) is 11.3 Å². The third kappa shape index (κ3) is 3.06. The van der Waals surface area contributed by atoms with Crippen LogP contribution in [0.2, 0.25) is 5.02 Å². The molecular weight excluding hydrogens is 262 g/mol. The van der Waals surface area contributed by atoms with Crippen molar-refractivity contribution in [2.75, 3.05) is 18.1 Å². The van der Waals surface area contributed by atoms with Gasteiger partial charge in [0.15, 0.2) is 0 Å². The normalized spacial score (nSPS) is 27.9. The van der Waals surface area contributed by atoms with Gasteiger partial charge >= 0.3 is 0 Å². The van der Waals surface area contributed by atoms with E-state index in [9.17, 15) is 4.21 Å². The minimum Gasteiger partial charge on any atom is -0.295 e. The highest BCUT2D eigenvalue weighted by Crippen LogP contribution is 2.25. The fraction of sp³-hybridized carbons (Fsp3) is 0.636. The van der Waals surface area contributed by atoms with Crippen molar-refractivity contribution in [3.05, 3.63) is 21.3 Å². The summed E-state index contributed by atoms with van der Waals surface area (Å²) in [5, 5.41) is 2.89. The molecule has 1 fully saturated rings. The average Bonchev–Trinajstić information content (AvgIpc) is 2.59. The smallest absolute Gasteiger partial charge is 0.0558 e. The van der Waals surface area contributed by atoms with Gasteiger partial charge in [-0.3, -0.25) is 9.11 Å². The van der Waals surface area contributed by atoms with Gasteiger partial charge < -0.3 is 0 Å². The molecule has 1 aliphatic rings. The summed E-state index contributed by atoms with van der Waals surface area (Å²) in [6.07, 6.45) is 1.02. The van der Waals surface area contributed by atoms with E-state index in [0.29, 0.717) is 6.04 Å². The minimum atomic E-state index is -0.624. The first-order valence-electron chi connectivity index (χ1n) is 5.47. The van der Waals surface area contributed by atoms with Crippen LogP contribution >= 0.6 is 22.9 Å². The van der Waals surface area contributed by atoms with Gasteiger partial charge in [0.1, 0.15) is 0 Å². The molecule has 0 N–H and O–H groups in total. The van der Waals surface area contributed by atoms with Gasteiger partial charge in [-0.05, 0) is 24.8 Å². The first-order valence-corrected chi connectivity index (χ1v) is 8.22. The Hall–Kier alpha value is 0.1000. The second-order valence-electron chi connectivity index (χ2n) is 4.15. The SMILES string of the molecule is CC1CCS(=O)CCN1Cc1sccc1Cl. The Morgan fingerprint density at radius 3 is 3.12 bits per heavy atom. The van der Waals surface area contributed by atoms with Crippen LogP contribution in [0.3, 0.4) is 0 Å². The highest BCUT2D eigenvalue weighted by molar-refractivity contribution is 7.85. The van der Waals surface area contributed by atoms with E-state index in [1.807, 2.05) is 11.4 Å². The molecule has 0 radical (unpaired) electrons. The first-order chi connectivity index (χ1) is 7.66. The molecule has 1 aromatic rings. The number of thiophene rings is 1. The lowest BCUT2D eigenvalue weighted by Gasteiger charge is -2.25. The summed E-state index contributed by atoms with van der Waals surface area (Å²) < 4.78 is 11.5. The zero-order valence-corrected chi connectivity index (χ0v) is 11.7. The van der Waals surface area contributed by atoms with Crippen molar-refractivity contribution in [2.24, 2.45) is 0 Å². The summed E-state index contributed by atoms with van der Waals surface area (Å²) >= 11 is 7.80. The van der Waals surface area contributed by atoms with E-state index in [-0.39, 0.29) is 0 Å². The fourth-order valence-electron chi connectivity index (χ4n) is 1.88. The topological polar surface area (TPSA) is 20.3 Å². The van der Waals surface area contributed by atoms with Gasteiger partial charge in [0.25, 0.3) is 0 Å². The standard InChI is InChI=1S/C11H16ClNOS2/c1-9-3-6-16(14)7-4-13(9)8-11-10(12)2-5-15-11/h2,5,9H,3-4,6-8H2,1H3. The summed E-state index contributed by atoms with van der Waals surface area (Å²) in [6.45, 7) is 4.03. The van der Waals surface area contributed by atoms with Gasteiger partial charge in [-0.2, -0.15) is 0 Å². The zero-order valence-electron chi connectivity index (χ0n) is 9.32. The summed E-state index contributed by atoms with van der Waals surface area (Å²) in [5.41, 5.74) is 0. The van der Waals surface area contributed by atoms with Crippen LogP contribution in [0, 0.1) is 0 Å². The van der Waals surface area contributed by atoms with Crippen LogP contribution < -0.4 is 0 Å². The van der Waals surface area contributed by atoms with Gasteiger partial charge in [0, 0.05) is 46.3 Å². The molecule has 2 heterocycles. The maximum Gasteiger partial charge on any atom is 0.0558 e. The van der Waals surface area contributed by atoms with Crippen LogP contribution in [0.25, 0.3) is 0 Å². The molecule has 0 bridgehead atoms. The zero-order chi connectivity index (χ0) is 11.5. The van der Waals surface area contributed by atoms with Gasteiger partial charge in [-0.15, -0.1) is 11.3 Å². The molecule has 1 aromatic heterocycles. The van der Waals surface area contributed by atoms with Gasteiger partial charge in [0.05, 0.1) is 5.02 Å². The number of hydrogen-bond acceptors (Lipinski definition) is 3. The highest BCUT2D eigenvalue weighted by atomic mass is 35.5. The summed E-state index contributed by atoms with van der Waals surface area (Å²) in [6, 6.07) is 2.45. The second kappa shape index (κ2) is 5.63. The molecule has 1 aliphatic heterocycles. The summed E-state index contributed by atoms with van der Waals surface area (Å²) in [7, 11) is -0.624. The molecule has 16 heavy (non-hydrogen) atoms. The Bertz CT molecular complexity index is 380. The molecule has 2 unspecified atom stereocenters. The van der Waals surface area contributed by atoms with Crippen molar-refractivity contribution in [3.8, 4) is 0 Å². The van der Waals surface area contributed by atoms with Crippen LogP contribution in [-0.2, 0) is 17.3 Å². The van der Waals surface area contributed by atoms with E-state index in [2.05, 4.69) is 11.8 Å². The monoisotopic (exact) mass is 277 g/mol. The number of nitrogens with zero attached hydrogens (tertiary/aromatic N) is 1. The largest absolute Gasteiger partial charge is 0.295 e. The molecule has 0 amide bonds. The van der Waals surface area contributed by atoms with Crippen molar-refractivity contribution < 1.29 is 4.21 Å². The van der Waals surface area contributed by atoms with Crippen LogP contribution in [0.15, 0.2) is 11.4 Å². The quantitative estimate of drug-likeness (QED) is 0.829. The van der Waals surface area contributed by atoms with Gasteiger partial charge in [-0.1, -0.05) is 11.6 Å². The van der Waals surface area contributed by atoms with E-state index >= 15 is 0 Å². The molecular formula is C11H16ClNOS2. The third-order valence-electron chi connectivity index (χ3n) is 3.03. The van der Waals surface area contributed by atoms with Crippen LogP contribution in [-0.4, -0.2) is 33.2 Å². The van der Waals surface area contributed by atoms with E-state index in [4.69, 9.17) is 11.6 Å². The summed E-state index contributed by atoms with van der Waals surface area (Å²) in [5.74, 6) is 1.64. The molecule has 2 nitrogen and oxygen atoms in total. The molecule has 0 aliphatic carbocycles. The minimum absolute atomic E-state index is 0.504. The van der Waals surface area contributed by atoms with Gasteiger partial charge in [0.2, 0.25) is 0 Å². The van der Waals surface area contributed by atoms with E-state index < -0.39 is 10.8 Å². The fourth-order valence-corrected chi connectivity index (χ4v) is 4.25. The van der Waals surface area contributed by atoms with Crippen LogP contribution in [0.1, 0.15) is 18.2 Å². The number of rotatable bonds is 2. The Balaban J connectivity index is 2.03. The Labute approximate surface area is 108 Å². The second-order valence-corrected chi connectivity index (χ2v) is 7.25. The molecule has 5 heteroatoms. The highest BCUT2D eigenvalue weighted by Gasteiger charge is 2.20.